The zero-order valence-corrected chi connectivity index (χ0v) is 17.9. The largest absolute Gasteiger partial charge is 0.452 e. The SMILES string of the molecule is CCN(CC)S(=O)(=O)c1ccc(NC(=O)COC(=O)c2cc(C)ccc2C)cc1. The molecular formula is C21H26N2O5S. The van der Waals surface area contributed by atoms with Crippen LogP contribution in [0.4, 0.5) is 5.69 Å². The highest BCUT2D eigenvalue weighted by Crippen LogP contribution is 2.18. The summed E-state index contributed by atoms with van der Waals surface area (Å²) >= 11 is 0. The van der Waals surface area contributed by atoms with Crippen molar-refractivity contribution in [1.82, 2.24) is 4.31 Å². The maximum absolute atomic E-state index is 12.5. The van der Waals surface area contributed by atoms with E-state index in [2.05, 4.69) is 5.32 Å². The van der Waals surface area contributed by atoms with Gasteiger partial charge < -0.3 is 10.1 Å². The summed E-state index contributed by atoms with van der Waals surface area (Å²) in [4.78, 5) is 24.4. The number of nitrogens with one attached hydrogen (secondary N) is 1. The van der Waals surface area contributed by atoms with Crippen LogP contribution >= 0.6 is 0 Å². The van der Waals surface area contributed by atoms with Gasteiger partial charge in [0.2, 0.25) is 10.0 Å². The maximum atomic E-state index is 12.5. The number of aryl methyl sites for hydroxylation is 2. The molecule has 0 heterocycles. The lowest BCUT2D eigenvalue weighted by atomic mass is 10.1. The van der Waals surface area contributed by atoms with E-state index in [1.165, 1.54) is 28.6 Å². The third-order valence-corrected chi connectivity index (χ3v) is 6.49. The quantitative estimate of drug-likeness (QED) is 0.665. The van der Waals surface area contributed by atoms with Crippen molar-refractivity contribution < 1.29 is 22.7 Å². The van der Waals surface area contributed by atoms with Crippen molar-refractivity contribution in [2.75, 3.05) is 25.0 Å². The molecular weight excluding hydrogens is 392 g/mol. The Morgan fingerprint density at radius 1 is 1.00 bits per heavy atom. The summed E-state index contributed by atoms with van der Waals surface area (Å²) in [6.07, 6.45) is 0. The molecule has 2 aromatic rings. The van der Waals surface area contributed by atoms with Crippen LogP contribution in [0.15, 0.2) is 47.4 Å². The fraction of sp³-hybridized carbons (Fsp3) is 0.333. The van der Waals surface area contributed by atoms with Crippen LogP contribution in [0.25, 0.3) is 0 Å². The molecule has 0 unspecified atom stereocenters. The van der Waals surface area contributed by atoms with Gasteiger partial charge in [0.05, 0.1) is 10.5 Å². The van der Waals surface area contributed by atoms with Crippen molar-refractivity contribution in [2.45, 2.75) is 32.6 Å². The summed E-state index contributed by atoms with van der Waals surface area (Å²) in [5.41, 5.74) is 2.53. The molecule has 0 aliphatic carbocycles. The number of carbonyl (C=O) groups is 2. The summed E-state index contributed by atoms with van der Waals surface area (Å²) in [7, 11) is -3.55. The molecule has 0 aromatic heterocycles. The van der Waals surface area contributed by atoms with Crippen molar-refractivity contribution >= 4 is 27.6 Å². The van der Waals surface area contributed by atoms with E-state index in [1.807, 2.05) is 19.1 Å². The molecule has 0 atom stereocenters. The fourth-order valence-corrected chi connectivity index (χ4v) is 4.24. The van der Waals surface area contributed by atoms with E-state index in [0.29, 0.717) is 24.3 Å². The molecule has 7 nitrogen and oxygen atoms in total. The summed E-state index contributed by atoms with van der Waals surface area (Å²) in [5.74, 6) is -1.08. The fourth-order valence-electron chi connectivity index (χ4n) is 2.78. The number of hydrogen-bond acceptors (Lipinski definition) is 5. The van der Waals surface area contributed by atoms with E-state index in [-0.39, 0.29) is 4.90 Å². The average Bonchev–Trinajstić information content (AvgIpc) is 2.69. The monoisotopic (exact) mass is 418 g/mol. The lowest BCUT2D eigenvalue weighted by Gasteiger charge is -2.18. The van der Waals surface area contributed by atoms with Gasteiger partial charge in [-0.3, -0.25) is 4.79 Å². The Morgan fingerprint density at radius 2 is 1.62 bits per heavy atom. The van der Waals surface area contributed by atoms with Gasteiger partial charge in [0, 0.05) is 18.8 Å². The minimum Gasteiger partial charge on any atom is -0.452 e. The van der Waals surface area contributed by atoms with Crippen molar-refractivity contribution in [1.29, 1.82) is 0 Å². The van der Waals surface area contributed by atoms with E-state index >= 15 is 0 Å². The van der Waals surface area contributed by atoms with Crippen LogP contribution in [0.3, 0.4) is 0 Å². The van der Waals surface area contributed by atoms with Crippen molar-refractivity contribution in [3.05, 3.63) is 59.2 Å². The van der Waals surface area contributed by atoms with Gasteiger partial charge in [0.1, 0.15) is 0 Å². The Morgan fingerprint density at radius 3 is 2.21 bits per heavy atom. The van der Waals surface area contributed by atoms with Gasteiger partial charge in [-0.1, -0.05) is 31.5 Å². The predicted molar refractivity (Wildman–Crippen MR) is 111 cm³/mol. The van der Waals surface area contributed by atoms with Crippen molar-refractivity contribution in [2.24, 2.45) is 0 Å². The van der Waals surface area contributed by atoms with Crippen LogP contribution in [0.2, 0.25) is 0 Å². The Bertz CT molecular complexity index is 981. The Labute approximate surface area is 171 Å². The molecule has 0 bridgehead atoms. The van der Waals surface area contributed by atoms with Gasteiger partial charge in [0.15, 0.2) is 6.61 Å². The summed E-state index contributed by atoms with van der Waals surface area (Å²) in [6.45, 7) is 7.53. The number of esters is 1. The van der Waals surface area contributed by atoms with E-state index in [0.717, 1.165) is 11.1 Å². The number of hydrogen-bond donors (Lipinski definition) is 1. The molecule has 0 fully saturated rings. The van der Waals surface area contributed by atoms with Gasteiger partial charge in [-0.15, -0.1) is 0 Å². The third-order valence-electron chi connectivity index (χ3n) is 4.43. The number of nitrogens with zero attached hydrogens (tertiary/aromatic N) is 1. The van der Waals surface area contributed by atoms with Crippen LogP contribution < -0.4 is 5.32 Å². The molecule has 0 aliphatic rings. The molecule has 156 valence electrons. The molecule has 0 spiro atoms. The van der Waals surface area contributed by atoms with Crippen LogP contribution in [0, 0.1) is 13.8 Å². The van der Waals surface area contributed by atoms with Crippen LogP contribution in [0.5, 0.6) is 0 Å². The van der Waals surface area contributed by atoms with E-state index in [9.17, 15) is 18.0 Å². The second kappa shape index (κ2) is 9.67. The van der Waals surface area contributed by atoms with E-state index < -0.39 is 28.5 Å². The summed E-state index contributed by atoms with van der Waals surface area (Å²) in [5, 5.41) is 2.59. The van der Waals surface area contributed by atoms with Gasteiger partial charge in [-0.2, -0.15) is 4.31 Å². The predicted octanol–water partition coefficient (Wildman–Crippen LogP) is 3.13. The van der Waals surface area contributed by atoms with Crippen molar-refractivity contribution in [3.63, 3.8) is 0 Å². The van der Waals surface area contributed by atoms with E-state index in [1.54, 1.807) is 26.8 Å². The first-order chi connectivity index (χ1) is 13.7. The zero-order chi connectivity index (χ0) is 21.6. The minimum absolute atomic E-state index is 0.153. The maximum Gasteiger partial charge on any atom is 0.338 e. The third kappa shape index (κ3) is 5.65. The van der Waals surface area contributed by atoms with Gasteiger partial charge >= 0.3 is 5.97 Å². The highest BCUT2D eigenvalue weighted by molar-refractivity contribution is 7.89. The molecule has 0 radical (unpaired) electrons. The van der Waals surface area contributed by atoms with Gasteiger partial charge in [-0.05, 0) is 49.7 Å². The van der Waals surface area contributed by atoms with Crippen molar-refractivity contribution in [3.8, 4) is 0 Å². The Hall–Kier alpha value is -2.71. The molecule has 0 aliphatic heterocycles. The Balaban J connectivity index is 1.97. The smallest absolute Gasteiger partial charge is 0.338 e. The number of sulfonamides is 1. The molecule has 1 N–H and O–H groups in total. The zero-order valence-electron chi connectivity index (χ0n) is 17.1. The Kier molecular flexibility index (Phi) is 7.53. The lowest BCUT2D eigenvalue weighted by Crippen LogP contribution is -2.30. The topological polar surface area (TPSA) is 92.8 Å². The number of rotatable bonds is 8. The van der Waals surface area contributed by atoms with Gasteiger partial charge in [0.25, 0.3) is 5.91 Å². The second-order valence-corrected chi connectivity index (χ2v) is 8.49. The number of anilines is 1. The van der Waals surface area contributed by atoms with E-state index in [4.69, 9.17) is 4.74 Å². The number of carbonyl (C=O) groups excluding carboxylic acids is 2. The summed E-state index contributed by atoms with van der Waals surface area (Å²) < 4.78 is 31.4. The molecule has 2 aromatic carbocycles. The second-order valence-electron chi connectivity index (χ2n) is 6.56. The van der Waals surface area contributed by atoms with Crippen LogP contribution in [-0.2, 0) is 19.6 Å². The highest BCUT2D eigenvalue weighted by atomic mass is 32.2. The molecule has 8 heteroatoms. The first kappa shape index (κ1) is 22.6. The normalized spacial score (nSPS) is 11.3. The average molecular weight is 419 g/mol. The molecule has 1 amide bonds. The molecule has 0 saturated carbocycles. The lowest BCUT2D eigenvalue weighted by molar-refractivity contribution is -0.119. The highest BCUT2D eigenvalue weighted by Gasteiger charge is 2.21. The van der Waals surface area contributed by atoms with Crippen LogP contribution in [0.1, 0.15) is 35.3 Å². The minimum atomic E-state index is -3.55. The number of benzene rings is 2. The number of amides is 1. The molecule has 2 rings (SSSR count). The number of ether oxygens (including phenoxy) is 1. The van der Waals surface area contributed by atoms with Gasteiger partial charge in [-0.25, -0.2) is 13.2 Å². The standard InChI is InChI=1S/C21H26N2O5S/c1-5-23(6-2)29(26,27)18-11-9-17(10-12-18)22-20(24)14-28-21(25)19-13-15(3)7-8-16(19)4/h7-13H,5-6,14H2,1-4H3,(H,22,24). The van der Waals surface area contributed by atoms with Crippen LogP contribution in [-0.4, -0.2) is 44.3 Å². The molecule has 29 heavy (non-hydrogen) atoms. The first-order valence-corrected chi connectivity index (χ1v) is 10.8. The molecule has 0 saturated heterocycles. The summed E-state index contributed by atoms with van der Waals surface area (Å²) in [6, 6.07) is 11.3. The first-order valence-electron chi connectivity index (χ1n) is 9.33.